The van der Waals surface area contributed by atoms with E-state index in [1.165, 1.54) is 24.4 Å². The highest BCUT2D eigenvalue weighted by atomic mass is 35.5. The van der Waals surface area contributed by atoms with E-state index in [2.05, 4.69) is 20.3 Å². The zero-order valence-corrected chi connectivity index (χ0v) is 21.8. The molecule has 1 amide bonds. The number of ether oxygens (including phenoxy) is 2. The van der Waals surface area contributed by atoms with E-state index in [4.69, 9.17) is 21.1 Å². The molecule has 0 aliphatic rings. The summed E-state index contributed by atoms with van der Waals surface area (Å²) >= 11 is 5.83. The first-order valence-corrected chi connectivity index (χ1v) is 11.9. The number of rotatable bonds is 7. The van der Waals surface area contributed by atoms with Crippen molar-refractivity contribution in [2.45, 2.75) is 71.4 Å². The fourth-order valence-corrected chi connectivity index (χ4v) is 3.75. The Morgan fingerprint density at radius 3 is 2.57 bits per heavy atom. The predicted octanol–water partition coefficient (Wildman–Crippen LogP) is 5.98. The number of carbonyl (C=O) groups is 1. The number of alkyl carbamates (subject to hydrolysis) is 1. The van der Waals surface area contributed by atoms with Crippen LogP contribution in [0.25, 0.3) is 10.9 Å². The number of carbonyl (C=O) groups excluding carboxylic acids is 1. The van der Waals surface area contributed by atoms with Crippen molar-refractivity contribution in [1.82, 2.24) is 20.3 Å². The van der Waals surface area contributed by atoms with Crippen molar-refractivity contribution in [3.8, 4) is 5.75 Å². The maximum Gasteiger partial charge on any atom is 0.419 e. The van der Waals surface area contributed by atoms with Crippen molar-refractivity contribution in [3.63, 3.8) is 0 Å². The lowest BCUT2D eigenvalue weighted by Gasteiger charge is -2.26. The van der Waals surface area contributed by atoms with Crippen LogP contribution in [0.5, 0.6) is 5.75 Å². The van der Waals surface area contributed by atoms with Crippen LogP contribution in [-0.2, 0) is 17.3 Å². The van der Waals surface area contributed by atoms with Crippen molar-refractivity contribution in [2.75, 3.05) is 0 Å². The van der Waals surface area contributed by atoms with Crippen molar-refractivity contribution in [1.29, 1.82) is 0 Å². The van der Waals surface area contributed by atoms with Gasteiger partial charge >= 0.3 is 12.3 Å². The first-order chi connectivity index (χ1) is 17.1. The number of pyridine rings is 1. The number of amides is 1. The Morgan fingerprint density at radius 1 is 1.22 bits per heavy atom. The van der Waals surface area contributed by atoms with Gasteiger partial charge < -0.3 is 19.8 Å². The monoisotopic (exact) mass is 540 g/mol. The lowest BCUT2D eigenvalue weighted by atomic mass is 10.0. The van der Waals surface area contributed by atoms with E-state index in [0.717, 1.165) is 6.07 Å². The number of halogens is 4. The zero-order valence-electron chi connectivity index (χ0n) is 21.0. The number of hydrogen-bond donors (Lipinski definition) is 2. The summed E-state index contributed by atoms with van der Waals surface area (Å²) in [4.78, 5) is 35.5. The molecule has 2 atom stereocenters. The van der Waals surface area contributed by atoms with E-state index in [1.807, 2.05) is 0 Å². The number of H-pyrrole nitrogens is 1. The van der Waals surface area contributed by atoms with Gasteiger partial charge in [0.1, 0.15) is 22.3 Å². The molecule has 12 heteroatoms. The second kappa shape index (κ2) is 11.0. The number of aryl methyl sites for hydroxylation is 1. The summed E-state index contributed by atoms with van der Waals surface area (Å²) in [7, 11) is 0. The van der Waals surface area contributed by atoms with E-state index < -0.39 is 41.1 Å². The third kappa shape index (κ3) is 7.58. The third-order valence-corrected chi connectivity index (χ3v) is 5.47. The van der Waals surface area contributed by atoms with Crippen LogP contribution in [0.1, 0.15) is 64.0 Å². The number of alkyl halides is 3. The van der Waals surface area contributed by atoms with Crippen LogP contribution >= 0.6 is 11.6 Å². The molecule has 8 nitrogen and oxygen atoms in total. The molecule has 0 fully saturated rings. The Kier molecular flexibility index (Phi) is 8.36. The van der Waals surface area contributed by atoms with Gasteiger partial charge in [-0.15, -0.1) is 0 Å². The molecule has 2 aromatic heterocycles. The van der Waals surface area contributed by atoms with Gasteiger partial charge in [0.15, 0.2) is 0 Å². The maximum absolute atomic E-state index is 13.8. The van der Waals surface area contributed by atoms with Crippen LogP contribution in [0.2, 0.25) is 5.15 Å². The summed E-state index contributed by atoms with van der Waals surface area (Å²) < 4.78 is 52.5. The molecule has 0 spiro atoms. The quantitative estimate of drug-likeness (QED) is 0.357. The van der Waals surface area contributed by atoms with Gasteiger partial charge in [-0.2, -0.15) is 13.2 Å². The van der Waals surface area contributed by atoms with Crippen molar-refractivity contribution in [2.24, 2.45) is 0 Å². The smallest absolute Gasteiger partial charge is 0.419 e. The van der Waals surface area contributed by atoms with Gasteiger partial charge in [-0.3, -0.25) is 4.79 Å². The molecule has 3 rings (SSSR count). The van der Waals surface area contributed by atoms with E-state index in [-0.39, 0.29) is 34.7 Å². The number of nitrogens with zero attached hydrogens (tertiary/aromatic N) is 2. The second-order valence-corrected chi connectivity index (χ2v) is 9.98. The van der Waals surface area contributed by atoms with E-state index in [1.54, 1.807) is 34.6 Å². The van der Waals surface area contributed by atoms with Crippen LogP contribution in [0.3, 0.4) is 0 Å². The molecule has 2 heterocycles. The molecule has 0 aliphatic carbocycles. The lowest BCUT2D eigenvalue weighted by molar-refractivity contribution is -0.139. The highest BCUT2D eigenvalue weighted by Crippen LogP contribution is 2.41. The number of benzene rings is 1. The van der Waals surface area contributed by atoms with Gasteiger partial charge in [0.25, 0.3) is 5.56 Å². The van der Waals surface area contributed by atoms with Gasteiger partial charge in [-0.25, -0.2) is 14.8 Å². The van der Waals surface area contributed by atoms with E-state index >= 15 is 0 Å². The molecule has 200 valence electrons. The molecule has 0 bridgehead atoms. The number of para-hydroxylation sites is 1. The number of aromatic amines is 1. The Balaban J connectivity index is 1.81. The molecule has 0 saturated carbocycles. The highest BCUT2D eigenvalue weighted by molar-refractivity contribution is 6.30. The summed E-state index contributed by atoms with van der Waals surface area (Å²) in [5.41, 5.74) is -1.64. The van der Waals surface area contributed by atoms with Crippen molar-refractivity contribution in [3.05, 3.63) is 62.9 Å². The van der Waals surface area contributed by atoms with Crippen LogP contribution in [0.15, 0.2) is 35.3 Å². The molecule has 0 saturated heterocycles. The Hall–Kier alpha value is -3.34. The van der Waals surface area contributed by atoms with Gasteiger partial charge in [-0.1, -0.05) is 23.7 Å². The molecule has 0 aliphatic heterocycles. The molecule has 1 aromatic carbocycles. The fraction of sp³-hybridized carbons (Fsp3) is 0.440. The van der Waals surface area contributed by atoms with Gasteiger partial charge in [0.2, 0.25) is 0 Å². The molecular weight excluding hydrogens is 513 g/mol. The summed E-state index contributed by atoms with van der Waals surface area (Å²) in [5, 5.41) is 2.99. The standard InChI is InChI=1S/C25H28ClF3N4O4/c1-13(9-10-20-32-18-12-30-19(26)11-16(18)22(34)33-20)36-21-15(7-6-8-17(21)25(27,28)29)14(2)31-23(35)37-24(3,4)5/h6-8,11-14H,9-10H2,1-5H3,(H,31,35)(H,32,33,34)/t13-,14-/m1/s1. The van der Waals surface area contributed by atoms with E-state index in [0.29, 0.717) is 11.3 Å². The van der Waals surface area contributed by atoms with Gasteiger partial charge in [0, 0.05) is 12.0 Å². The minimum atomic E-state index is -4.68. The fourth-order valence-electron chi connectivity index (χ4n) is 3.60. The van der Waals surface area contributed by atoms with Crippen LogP contribution in [0.4, 0.5) is 18.0 Å². The number of hydrogen-bond acceptors (Lipinski definition) is 6. The van der Waals surface area contributed by atoms with E-state index in [9.17, 15) is 22.8 Å². The summed E-state index contributed by atoms with van der Waals surface area (Å²) in [5.74, 6) is -0.0498. The Labute approximate surface area is 216 Å². The van der Waals surface area contributed by atoms with Crippen LogP contribution in [0, 0.1) is 0 Å². The molecular formula is C25H28ClF3N4O4. The molecule has 0 unspecified atom stereocenters. The van der Waals surface area contributed by atoms with Crippen LogP contribution < -0.4 is 15.6 Å². The number of fused-ring (bicyclic) bond motifs is 1. The minimum absolute atomic E-state index is 0.146. The summed E-state index contributed by atoms with van der Waals surface area (Å²) in [6.07, 6.45) is -4.30. The predicted molar refractivity (Wildman–Crippen MR) is 133 cm³/mol. The average molecular weight is 541 g/mol. The maximum atomic E-state index is 13.8. The number of aromatic nitrogens is 3. The second-order valence-electron chi connectivity index (χ2n) is 9.59. The minimum Gasteiger partial charge on any atom is -0.490 e. The molecule has 3 aromatic rings. The van der Waals surface area contributed by atoms with Gasteiger partial charge in [0.05, 0.1) is 34.8 Å². The van der Waals surface area contributed by atoms with Crippen LogP contribution in [-0.4, -0.2) is 32.8 Å². The molecule has 2 N–H and O–H groups in total. The SMILES string of the molecule is C[C@H](CCc1nc2cnc(Cl)cc2c(=O)[nH]1)Oc1c([C@@H](C)NC(=O)OC(C)(C)C)cccc1C(F)(F)F. The highest BCUT2D eigenvalue weighted by Gasteiger charge is 2.36. The number of nitrogens with one attached hydrogen (secondary N) is 2. The normalized spacial score (nSPS) is 13.8. The Bertz CT molecular complexity index is 1340. The van der Waals surface area contributed by atoms with Crippen molar-refractivity contribution >= 4 is 28.6 Å². The zero-order chi connectivity index (χ0) is 27.5. The first kappa shape index (κ1) is 28.2. The van der Waals surface area contributed by atoms with Gasteiger partial charge in [-0.05, 0) is 53.2 Å². The average Bonchev–Trinajstić information content (AvgIpc) is 2.76. The lowest BCUT2D eigenvalue weighted by Crippen LogP contribution is -2.34. The molecule has 0 radical (unpaired) electrons. The largest absolute Gasteiger partial charge is 0.490 e. The Morgan fingerprint density at radius 2 is 1.92 bits per heavy atom. The third-order valence-electron chi connectivity index (χ3n) is 5.26. The first-order valence-electron chi connectivity index (χ1n) is 11.5. The summed E-state index contributed by atoms with van der Waals surface area (Å²) in [6, 6.07) is 4.21. The summed E-state index contributed by atoms with van der Waals surface area (Å²) in [6.45, 7) is 8.20. The molecule has 37 heavy (non-hydrogen) atoms. The topological polar surface area (TPSA) is 106 Å². The van der Waals surface area contributed by atoms with Crippen molar-refractivity contribution < 1.29 is 27.4 Å².